The van der Waals surface area contributed by atoms with Gasteiger partial charge in [-0.25, -0.2) is 9.55 Å². The number of nitrogens with zero attached hydrogens (tertiary/aromatic N) is 4. The van der Waals surface area contributed by atoms with Crippen molar-refractivity contribution in [2.75, 3.05) is 12.4 Å². The highest BCUT2D eigenvalue weighted by Gasteiger charge is 2.21. The van der Waals surface area contributed by atoms with Crippen LogP contribution in [0.3, 0.4) is 0 Å². The Morgan fingerprint density at radius 1 is 1.09 bits per heavy atom. The van der Waals surface area contributed by atoms with E-state index in [1.54, 1.807) is 42.5 Å². The molecule has 2 amide bonds. The lowest BCUT2D eigenvalue weighted by Crippen LogP contribution is -2.30. The molecule has 2 heterocycles. The highest BCUT2D eigenvalue weighted by molar-refractivity contribution is 6.58. The molecule has 7 N–H and O–H groups in total. The highest BCUT2D eigenvalue weighted by atomic mass is 16.5. The zero-order valence-corrected chi connectivity index (χ0v) is 18.0. The zero-order valence-electron chi connectivity index (χ0n) is 18.0. The molecule has 0 aliphatic carbocycles. The van der Waals surface area contributed by atoms with Crippen LogP contribution in [0.2, 0.25) is 0 Å². The number of hydrogen-bond donors (Lipinski definition) is 5. The van der Waals surface area contributed by atoms with Crippen molar-refractivity contribution in [1.29, 1.82) is 0 Å². The number of imidazole rings is 1. The number of para-hydroxylation sites is 1. The van der Waals surface area contributed by atoms with Crippen molar-refractivity contribution in [2.45, 2.75) is 6.54 Å². The molecule has 0 unspecified atom stereocenters. The molecule has 172 valence electrons. The number of carbonyl (C=O) groups excluding carboxylic acids is 2. The SMILES string of the molecule is COc1nc2c(C(N)=O)cccc2n1-c1ncc(C(N)=O)c(NCc2cccc(B(O)O)c2)n1. The predicted octanol–water partition coefficient (Wildman–Crippen LogP) is -0.686. The third-order valence-electron chi connectivity index (χ3n) is 5.05. The van der Waals surface area contributed by atoms with E-state index in [0.717, 1.165) is 0 Å². The summed E-state index contributed by atoms with van der Waals surface area (Å²) in [5, 5.41) is 21.8. The molecule has 12 nitrogen and oxygen atoms in total. The topological polar surface area (TPSA) is 192 Å². The maximum absolute atomic E-state index is 12.0. The van der Waals surface area contributed by atoms with Gasteiger partial charge in [-0.3, -0.25) is 9.59 Å². The van der Waals surface area contributed by atoms with Gasteiger partial charge in [0.25, 0.3) is 11.8 Å². The maximum atomic E-state index is 12.0. The zero-order chi connectivity index (χ0) is 24.4. The second-order valence-electron chi connectivity index (χ2n) is 7.24. The number of benzene rings is 2. The monoisotopic (exact) mass is 461 g/mol. The summed E-state index contributed by atoms with van der Waals surface area (Å²) >= 11 is 0. The standard InChI is InChI=1S/C21H20BN7O5/c1-34-21-27-16-13(17(23)30)6-3-7-15(16)29(21)20-26-10-14(18(24)31)19(28-20)25-9-11-4-2-5-12(8-11)22(32)33/h2-8,10,32-33H,9H2,1H3,(H2,23,30)(H2,24,31)(H,25,26,28). The van der Waals surface area contributed by atoms with Crippen LogP contribution in [0.5, 0.6) is 6.01 Å². The number of fused-ring (bicyclic) bond motifs is 1. The first-order valence-electron chi connectivity index (χ1n) is 10.0. The Bertz CT molecular complexity index is 1410. The van der Waals surface area contributed by atoms with Gasteiger partial charge in [0, 0.05) is 12.7 Å². The number of amides is 2. The fraction of sp³-hybridized carbons (Fsp3) is 0.0952. The Kier molecular flexibility index (Phi) is 6.12. The number of hydrogen-bond acceptors (Lipinski definition) is 9. The molecular weight excluding hydrogens is 441 g/mol. The summed E-state index contributed by atoms with van der Waals surface area (Å²) in [5.41, 5.74) is 13.0. The smallest absolute Gasteiger partial charge is 0.468 e. The first-order chi connectivity index (χ1) is 16.3. The molecule has 0 saturated heterocycles. The first kappa shape index (κ1) is 22.7. The first-order valence-corrected chi connectivity index (χ1v) is 10.0. The van der Waals surface area contributed by atoms with Gasteiger partial charge in [-0.05, 0) is 23.2 Å². The van der Waals surface area contributed by atoms with Crippen LogP contribution < -0.4 is 27.0 Å². The lowest BCUT2D eigenvalue weighted by molar-refractivity contribution is 0.0992. The third-order valence-corrected chi connectivity index (χ3v) is 5.05. The summed E-state index contributed by atoms with van der Waals surface area (Å²) in [6.07, 6.45) is 1.27. The van der Waals surface area contributed by atoms with E-state index in [1.807, 2.05) is 0 Å². The molecule has 0 radical (unpaired) electrons. The maximum Gasteiger partial charge on any atom is 0.488 e. The van der Waals surface area contributed by atoms with E-state index in [4.69, 9.17) is 16.2 Å². The number of nitrogens with one attached hydrogen (secondary N) is 1. The third kappa shape index (κ3) is 4.24. The molecule has 2 aromatic heterocycles. The summed E-state index contributed by atoms with van der Waals surface area (Å²) in [7, 11) is -0.208. The molecule has 0 fully saturated rings. The van der Waals surface area contributed by atoms with Gasteiger partial charge in [0.1, 0.15) is 11.3 Å². The van der Waals surface area contributed by atoms with Crippen LogP contribution in [-0.2, 0) is 6.54 Å². The summed E-state index contributed by atoms with van der Waals surface area (Å²) in [6, 6.07) is 11.6. The van der Waals surface area contributed by atoms with Gasteiger partial charge in [-0.2, -0.15) is 9.97 Å². The number of primary amides is 2. The van der Waals surface area contributed by atoms with Crippen molar-refractivity contribution in [2.24, 2.45) is 11.5 Å². The number of aromatic nitrogens is 4. The van der Waals surface area contributed by atoms with Crippen LogP contribution in [0.1, 0.15) is 26.3 Å². The minimum Gasteiger partial charge on any atom is -0.468 e. The van der Waals surface area contributed by atoms with Crippen LogP contribution >= 0.6 is 0 Å². The van der Waals surface area contributed by atoms with Gasteiger partial charge in [-0.15, -0.1) is 0 Å². The van der Waals surface area contributed by atoms with Gasteiger partial charge < -0.3 is 31.6 Å². The summed E-state index contributed by atoms with van der Waals surface area (Å²) < 4.78 is 6.83. The second kappa shape index (κ2) is 9.17. The normalized spacial score (nSPS) is 10.8. The van der Waals surface area contributed by atoms with Crippen LogP contribution in [0, 0.1) is 0 Å². The Balaban J connectivity index is 1.78. The molecule has 0 aliphatic rings. The van der Waals surface area contributed by atoms with Gasteiger partial charge in [0.2, 0.25) is 5.95 Å². The molecular formula is C21H20BN7O5. The average molecular weight is 461 g/mol. The van der Waals surface area contributed by atoms with Crippen molar-refractivity contribution in [3.63, 3.8) is 0 Å². The van der Waals surface area contributed by atoms with Crippen molar-refractivity contribution >= 4 is 41.2 Å². The van der Waals surface area contributed by atoms with Gasteiger partial charge in [0.05, 0.1) is 23.8 Å². The largest absolute Gasteiger partial charge is 0.488 e. The second-order valence-corrected chi connectivity index (χ2v) is 7.24. The molecule has 0 spiro atoms. The van der Waals surface area contributed by atoms with E-state index in [2.05, 4.69) is 20.3 Å². The predicted molar refractivity (Wildman–Crippen MR) is 124 cm³/mol. The number of ether oxygens (including phenoxy) is 1. The van der Waals surface area contributed by atoms with E-state index >= 15 is 0 Å². The Labute approximate surface area is 193 Å². The number of anilines is 1. The van der Waals surface area contributed by atoms with E-state index in [1.165, 1.54) is 17.9 Å². The lowest BCUT2D eigenvalue weighted by Gasteiger charge is -2.13. The van der Waals surface area contributed by atoms with Gasteiger partial charge in [0.15, 0.2) is 0 Å². The molecule has 0 aliphatic heterocycles. The molecule has 0 bridgehead atoms. The number of carbonyl (C=O) groups is 2. The van der Waals surface area contributed by atoms with Crippen LogP contribution in [0.4, 0.5) is 5.82 Å². The molecule has 13 heteroatoms. The average Bonchev–Trinajstić information content (AvgIpc) is 3.21. The lowest BCUT2D eigenvalue weighted by atomic mass is 9.80. The Hall–Kier alpha value is -4.49. The van der Waals surface area contributed by atoms with E-state index in [0.29, 0.717) is 22.1 Å². The van der Waals surface area contributed by atoms with E-state index in [-0.39, 0.29) is 35.4 Å². The van der Waals surface area contributed by atoms with Crippen LogP contribution in [-0.4, -0.2) is 55.6 Å². The molecule has 34 heavy (non-hydrogen) atoms. The minimum absolute atomic E-state index is 0.0447. The highest BCUT2D eigenvalue weighted by Crippen LogP contribution is 2.27. The van der Waals surface area contributed by atoms with E-state index in [9.17, 15) is 19.6 Å². The van der Waals surface area contributed by atoms with Crippen LogP contribution in [0.15, 0.2) is 48.7 Å². The summed E-state index contributed by atoms with van der Waals surface area (Å²) in [4.78, 5) is 36.8. The molecule has 2 aromatic carbocycles. The summed E-state index contributed by atoms with van der Waals surface area (Å²) in [5.74, 6) is -1.15. The summed E-state index contributed by atoms with van der Waals surface area (Å²) in [6.45, 7) is 0.199. The van der Waals surface area contributed by atoms with Crippen molar-refractivity contribution < 1.29 is 24.4 Å². The number of rotatable bonds is 8. The fourth-order valence-electron chi connectivity index (χ4n) is 3.45. The van der Waals surface area contributed by atoms with E-state index < -0.39 is 18.9 Å². The van der Waals surface area contributed by atoms with Crippen LogP contribution in [0.25, 0.3) is 17.0 Å². The van der Waals surface area contributed by atoms with Crippen molar-refractivity contribution in [3.05, 3.63) is 65.4 Å². The molecule has 0 saturated carbocycles. The Morgan fingerprint density at radius 3 is 2.50 bits per heavy atom. The molecule has 4 rings (SSSR count). The van der Waals surface area contributed by atoms with Gasteiger partial charge >= 0.3 is 13.1 Å². The minimum atomic E-state index is -1.61. The molecule has 0 atom stereocenters. The van der Waals surface area contributed by atoms with Crippen molar-refractivity contribution in [1.82, 2.24) is 19.5 Å². The number of nitrogens with two attached hydrogens (primary N) is 2. The Morgan fingerprint density at radius 2 is 1.82 bits per heavy atom. The number of methoxy groups -OCH3 is 1. The molecule has 4 aromatic rings. The van der Waals surface area contributed by atoms with Gasteiger partial charge in [-0.1, -0.05) is 30.3 Å². The quantitative estimate of drug-likeness (QED) is 0.211. The van der Waals surface area contributed by atoms with Crippen molar-refractivity contribution in [3.8, 4) is 12.0 Å². The fourth-order valence-corrected chi connectivity index (χ4v) is 3.45.